The summed E-state index contributed by atoms with van der Waals surface area (Å²) in [6, 6.07) is 14.0. The standard InChI is InChI=1S/C25H37N4O4S.C9H18N.C4H6O3S.2CH4O3S/c1-4-29(5-2,6-3)21-24-20-28(27-26-24)15-9-18-34(30,31)33-17-10-16-32-25-14-13-22-11-7-8-12-23(22)19-25;1-5-9-10(6-2,7-3)8-4;1-3-4-7-8(2,5)6;2*1-5(2,3)4/h7-8,11-14,19-20H,4-6,9-10,15-18,21H2,1-3H3;1H,6-9H2,2-4H3;1H,4H2,2H3;2*1H3,(H,2,3,4)/q2*+1;;;/p-2. The van der Waals surface area contributed by atoms with Gasteiger partial charge in [-0.1, -0.05) is 41.5 Å². The van der Waals surface area contributed by atoms with Crippen LogP contribution in [0.3, 0.4) is 0 Å². The summed E-state index contributed by atoms with van der Waals surface area (Å²) in [5, 5.41) is 10.7. The Balaban J connectivity index is 0. The summed E-state index contributed by atoms with van der Waals surface area (Å²) in [6.45, 7) is 22.3. The molecule has 0 fully saturated rings. The molecule has 0 unspecified atom stereocenters. The fourth-order valence-corrected chi connectivity index (χ4v) is 6.62. The van der Waals surface area contributed by atoms with Gasteiger partial charge in [0.15, 0.2) is 0 Å². The first-order chi connectivity index (χ1) is 28.7. The Labute approximate surface area is 371 Å². The maximum absolute atomic E-state index is 12.2. The van der Waals surface area contributed by atoms with Gasteiger partial charge in [-0.05, 0) is 76.8 Å². The van der Waals surface area contributed by atoms with Crippen LogP contribution in [0.1, 0.15) is 60.1 Å². The summed E-state index contributed by atoms with van der Waals surface area (Å²) in [7, 11) is -14.7. The minimum Gasteiger partial charge on any atom is -0.748 e. The zero-order valence-electron chi connectivity index (χ0n) is 37.6. The second kappa shape index (κ2) is 30.4. The number of terminal acetylenes is 2. The Morgan fingerprint density at radius 2 is 1.21 bits per heavy atom. The van der Waals surface area contributed by atoms with Crippen molar-refractivity contribution >= 4 is 51.2 Å². The lowest BCUT2D eigenvalue weighted by atomic mass is 10.1. The van der Waals surface area contributed by atoms with Crippen LogP contribution in [0.25, 0.3) is 10.8 Å². The summed E-state index contributed by atoms with van der Waals surface area (Å²) in [5.41, 5.74) is 0.941. The van der Waals surface area contributed by atoms with Crippen LogP contribution >= 0.6 is 0 Å². The van der Waals surface area contributed by atoms with E-state index >= 15 is 0 Å². The highest BCUT2D eigenvalue weighted by Gasteiger charge is 2.23. The normalized spacial score (nSPS) is 11.8. The Hall–Kier alpha value is -3.68. The average Bonchev–Trinajstić information content (AvgIpc) is 3.63. The molecule has 62 heavy (non-hydrogen) atoms. The SMILES string of the molecule is C#CCOS(C)(=O)=O.C#CC[N+](CC)(CC)CC.CC[N+](CC)(CC)Cc1cn(CCCS(=O)(=O)OCCCOc2ccc3ccccc3c2)nn1.CS(=O)(=O)[O-].CS(=O)(=O)[O-]. The zero-order valence-corrected chi connectivity index (χ0v) is 40.8. The molecule has 3 rings (SSSR count). The van der Waals surface area contributed by atoms with Gasteiger partial charge < -0.3 is 22.8 Å². The second-order valence-electron chi connectivity index (χ2n) is 13.8. The summed E-state index contributed by atoms with van der Waals surface area (Å²) >= 11 is 0. The summed E-state index contributed by atoms with van der Waals surface area (Å²) in [4.78, 5) is 0. The molecule has 0 N–H and O–H groups in total. The third-order valence-electron chi connectivity index (χ3n) is 9.21. The molecule has 0 atom stereocenters. The predicted molar refractivity (Wildman–Crippen MR) is 240 cm³/mol. The highest BCUT2D eigenvalue weighted by molar-refractivity contribution is 7.86. The van der Waals surface area contributed by atoms with E-state index in [4.69, 9.17) is 47.7 Å². The van der Waals surface area contributed by atoms with Crippen molar-refractivity contribution in [2.75, 3.05) is 90.2 Å². The smallest absolute Gasteiger partial charge is 0.267 e. The van der Waals surface area contributed by atoms with E-state index in [-0.39, 0.29) is 19.0 Å². The first-order valence-corrected chi connectivity index (χ1v) is 26.8. The molecule has 0 aliphatic heterocycles. The quantitative estimate of drug-likeness (QED) is 0.0489. The number of aromatic nitrogens is 3. The van der Waals surface area contributed by atoms with Gasteiger partial charge in [0.1, 0.15) is 31.1 Å². The molecule has 2 aromatic carbocycles. The zero-order chi connectivity index (χ0) is 48.1. The molecule has 3 aromatic rings. The molecule has 0 aliphatic rings. The number of nitrogens with zero attached hydrogens (tertiary/aromatic N) is 5. The van der Waals surface area contributed by atoms with Crippen molar-refractivity contribution < 1.29 is 64.8 Å². The molecule has 18 nitrogen and oxygen atoms in total. The van der Waals surface area contributed by atoms with E-state index in [1.807, 2.05) is 48.5 Å². The van der Waals surface area contributed by atoms with Gasteiger partial charge in [0.25, 0.3) is 20.2 Å². The van der Waals surface area contributed by atoms with Gasteiger partial charge in [0.2, 0.25) is 0 Å². The lowest BCUT2D eigenvalue weighted by Crippen LogP contribution is -2.47. The highest BCUT2D eigenvalue weighted by Crippen LogP contribution is 2.20. The van der Waals surface area contributed by atoms with Gasteiger partial charge in [-0.2, -0.15) is 16.8 Å². The third kappa shape index (κ3) is 32.1. The monoisotopic (exact) mass is 953 g/mol. The molecule has 0 spiro atoms. The van der Waals surface area contributed by atoms with Gasteiger partial charge in [-0.25, -0.2) is 16.8 Å². The van der Waals surface area contributed by atoms with Crippen LogP contribution in [0.2, 0.25) is 0 Å². The van der Waals surface area contributed by atoms with Crippen molar-refractivity contribution in [1.82, 2.24) is 15.0 Å². The summed E-state index contributed by atoms with van der Waals surface area (Å²) in [5.74, 6) is 5.47. The van der Waals surface area contributed by atoms with Crippen molar-refractivity contribution in [3.8, 4) is 30.4 Å². The minimum absolute atomic E-state index is 0.0490. The van der Waals surface area contributed by atoms with Crippen LogP contribution in [0, 0.1) is 24.7 Å². The maximum atomic E-state index is 12.2. The summed E-state index contributed by atoms with van der Waals surface area (Å²) < 4.78 is 118. The van der Waals surface area contributed by atoms with Crippen molar-refractivity contribution in [1.29, 1.82) is 0 Å². The largest absolute Gasteiger partial charge is 0.748 e. The fourth-order valence-electron chi connectivity index (χ4n) is 5.37. The molecule has 0 amide bonds. The van der Waals surface area contributed by atoms with Crippen LogP contribution in [-0.4, -0.2) is 157 Å². The summed E-state index contributed by atoms with van der Waals surface area (Å²) in [6.07, 6.45) is 15.0. The van der Waals surface area contributed by atoms with Crippen molar-refractivity contribution in [2.45, 2.75) is 67.5 Å². The van der Waals surface area contributed by atoms with Gasteiger partial charge in [0.05, 0.1) is 90.9 Å². The average molecular weight is 954 g/mol. The van der Waals surface area contributed by atoms with Crippen LogP contribution in [0.4, 0.5) is 0 Å². The van der Waals surface area contributed by atoms with Crippen molar-refractivity contribution in [3.05, 3.63) is 54.4 Å². The van der Waals surface area contributed by atoms with Crippen LogP contribution in [-0.2, 0) is 61.9 Å². The molecule has 0 bridgehead atoms. The molecule has 0 saturated heterocycles. The van der Waals surface area contributed by atoms with Crippen LogP contribution < -0.4 is 4.74 Å². The second-order valence-corrected chi connectivity index (χ2v) is 20.0. The molecule has 0 radical (unpaired) electrons. The number of ether oxygens (including phenoxy) is 1. The topological polar surface area (TPSA) is 241 Å². The number of fused-ring (bicyclic) bond motifs is 1. The Bertz CT molecular complexity index is 2180. The van der Waals surface area contributed by atoms with E-state index < -0.39 is 40.5 Å². The number of hydrogen-bond acceptors (Lipinski definition) is 15. The number of hydrogen-bond donors (Lipinski definition) is 0. The molecule has 0 saturated carbocycles. The Morgan fingerprint density at radius 1 is 0.694 bits per heavy atom. The van der Waals surface area contributed by atoms with E-state index in [0.717, 1.165) is 89.8 Å². The number of rotatable bonds is 21. The predicted octanol–water partition coefficient (Wildman–Crippen LogP) is 3.43. The van der Waals surface area contributed by atoms with E-state index in [2.05, 4.69) is 68.0 Å². The van der Waals surface area contributed by atoms with Crippen molar-refractivity contribution in [2.24, 2.45) is 0 Å². The highest BCUT2D eigenvalue weighted by atomic mass is 32.2. The molecular formula is C40H67N5O13S4. The number of aryl methyl sites for hydroxylation is 1. The van der Waals surface area contributed by atoms with E-state index in [9.17, 15) is 16.8 Å². The van der Waals surface area contributed by atoms with Gasteiger partial charge in [-0.15, -0.1) is 17.9 Å². The molecule has 1 aromatic heterocycles. The lowest BCUT2D eigenvalue weighted by Gasteiger charge is -2.34. The lowest BCUT2D eigenvalue weighted by molar-refractivity contribution is -0.936. The fraction of sp³-hybridized carbons (Fsp3) is 0.600. The molecule has 22 heteroatoms. The maximum Gasteiger partial charge on any atom is 0.267 e. The van der Waals surface area contributed by atoms with Crippen LogP contribution in [0.15, 0.2) is 48.7 Å². The molecule has 354 valence electrons. The third-order valence-corrected chi connectivity index (χ3v) is 11.1. The molecular weight excluding hydrogens is 887 g/mol. The number of benzene rings is 2. The van der Waals surface area contributed by atoms with Gasteiger partial charge >= 0.3 is 0 Å². The molecule has 1 heterocycles. The van der Waals surface area contributed by atoms with E-state index in [1.165, 1.54) is 0 Å². The number of quaternary nitrogens is 2. The van der Waals surface area contributed by atoms with Crippen LogP contribution in [0.5, 0.6) is 5.75 Å². The first kappa shape index (κ1) is 60.4. The van der Waals surface area contributed by atoms with E-state index in [0.29, 0.717) is 38.5 Å². The van der Waals surface area contributed by atoms with Gasteiger partial charge in [-0.3, -0.25) is 13.0 Å². The van der Waals surface area contributed by atoms with Crippen molar-refractivity contribution in [3.63, 3.8) is 0 Å². The Morgan fingerprint density at radius 3 is 1.65 bits per heavy atom. The minimum atomic E-state index is -3.92. The van der Waals surface area contributed by atoms with Gasteiger partial charge in [0, 0.05) is 25.5 Å². The first-order valence-electron chi connectivity index (χ1n) is 19.8. The van der Waals surface area contributed by atoms with E-state index in [1.54, 1.807) is 4.68 Å². The Kier molecular flexibility index (Phi) is 29.6. The molecule has 0 aliphatic carbocycles.